The van der Waals surface area contributed by atoms with Gasteiger partial charge >= 0.3 is 0 Å². The molecular formula is C21H25IN4O2. The summed E-state index contributed by atoms with van der Waals surface area (Å²) in [6.07, 6.45) is 1.74. The smallest absolute Gasteiger partial charge is 0.226 e. The lowest BCUT2D eigenvalue weighted by Crippen LogP contribution is -2.22. The summed E-state index contributed by atoms with van der Waals surface area (Å²) in [5.74, 6) is 1.71. The molecule has 3 rings (SSSR count). The van der Waals surface area contributed by atoms with Gasteiger partial charge in [0, 0.05) is 11.3 Å². The number of aryl methyl sites for hydroxylation is 1. The summed E-state index contributed by atoms with van der Waals surface area (Å²) in [5, 5.41) is 3.05. The fourth-order valence-corrected chi connectivity index (χ4v) is 2.45. The number of aromatic nitrogens is 1. The van der Waals surface area contributed by atoms with E-state index in [1.165, 1.54) is 5.56 Å². The van der Waals surface area contributed by atoms with Crippen molar-refractivity contribution in [3.63, 3.8) is 0 Å². The molecule has 0 bridgehead atoms. The largest absolute Gasteiger partial charge is 0.491 e. The van der Waals surface area contributed by atoms with Crippen molar-refractivity contribution in [3.05, 3.63) is 66.1 Å². The molecule has 0 amide bonds. The van der Waals surface area contributed by atoms with Crippen molar-refractivity contribution in [3.8, 4) is 17.2 Å². The van der Waals surface area contributed by atoms with E-state index in [0.29, 0.717) is 18.4 Å². The van der Waals surface area contributed by atoms with E-state index in [2.05, 4.69) is 15.3 Å². The van der Waals surface area contributed by atoms with Crippen molar-refractivity contribution in [2.75, 3.05) is 5.32 Å². The molecule has 0 aliphatic heterocycles. The highest BCUT2D eigenvalue weighted by Crippen LogP contribution is 2.20. The first kappa shape index (κ1) is 21.7. The van der Waals surface area contributed by atoms with Crippen LogP contribution in [0, 0.1) is 6.92 Å². The summed E-state index contributed by atoms with van der Waals surface area (Å²) >= 11 is 0. The molecule has 1 heterocycles. The summed E-state index contributed by atoms with van der Waals surface area (Å²) in [6.45, 7) is 6.36. The number of nitrogens with one attached hydrogen (secondary N) is 1. The molecule has 0 saturated heterocycles. The van der Waals surface area contributed by atoms with Crippen LogP contribution in [0.3, 0.4) is 0 Å². The van der Waals surface area contributed by atoms with E-state index in [1.807, 2.05) is 69.3 Å². The van der Waals surface area contributed by atoms with Gasteiger partial charge in [-0.3, -0.25) is 0 Å². The number of oxazole rings is 1. The Morgan fingerprint density at radius 1 is 1.14 bits per heavy atom. The number of rotatable bonds is 6. The number of hydrogen-bond acceptors (Lipinski definition) is 4. The third-order valence-electron chi connectivity index (χ3n) is 3.76. The molecule has 0 radical (unpaired) electrons. The van der Waals surface area contributed by atoms with Gasteiger partial charge in [0.05, 0.1) is 12.6 Å². The monoisotopic (exact) mass is 492 g/mol. The van der Waals surface area contributed by atoms with Crippen molar-refractivity contribution in [2.24, 2.45) is 10.7 Å². The fraction of sp³-hybridized carbons (Fsp3) is 0.238. The molecule has 0 aliphatic carbocycles. The van der Waals surface area contributed by atoms with Crippen LogP contribution in [0.15, 0.2) is 64.2 Å². The normalized spacial score (nSPS) is 11.2. The predicted octanol–water partition coefficient (Wildman–Crippen LogP) is 4.98. The highest BCUT2D eigenvalue weighted by molar-refractivity contribution is 14.0. The summed E-state index contributed by atoms with van der Waals surface area (Å²) in [5.41, 5.74) is 9.64. The van der Waals surface area contributed by atoms with Crippen molar-refractivity contribution in [1.82, 2.24) is 4.98 Å². The Kier molecular flexibility index (Phi) is 7.86. The minimum absolute atomic E-state index is 0. The fourth-order valence-electron chi connectivity index (χ4n) is 2.45. The lowest BCUT2D eigenvalue weighted by atomic mass is 10.1. The highest BCUT2D eigenvalue weighted by Gasteiger charge is 2.06. The zero-order valence-corrected chi connectivity index (χ0v) is 18.5. The number of benzene rings is 2. The molecule has 148 valence electrons. The number of nitrogens with zero attached hydrogens (tertiary/aromatic N) is 2. The standard InChI is InChI=1S/C21H24N4O2.HI/c1-14(2)27-19-10-8-17(9-11-19)25-21(22)23-12-18-13-26-20(24-18)16-6-4-15(3)5-7-16;/h4-11,13-14H,12H2,1-3H3,(H3,22,23,25);1H. The molecular weight excluding hydrogens is 467 g/mol. The first-order valence-corrected chi connectivity index (χ1v) is 8.85. The number of nitrogens with two attached hydrogens (primary N) is 1. The van der Waals surface area contributed by atoms with Crippen LogP contribution < -0.4 is 15.8 Å². The zero-order chi connectivity index (χ0) is 19.2. The van der Waals surface area contributed by atoms with Gasteiger partial charge in [0.1, 0.15) is 17.7 Å². The molecule has 6 nitrogen and oxygen atoms in total. The number of anilines is 1. The quantitative estimate of drug-likeness (QED) is 0.288. The topological polar surface area (TPSA) is 85.7 Å². The van der Waals surface area contributed by atoms with Crippen LogP contribution in [-0.2, 0) is 6.54 Å². The molecule has 2 aromatic carbocycles. The number of hydrogen-bond donors (Lipinski definition) is 2. The van der Waals surface area contributed by atoms with Gasteiger partial charge in [-0.15, -0.1) is 24.0 Å². The van der Waals surface area contributed by atoms with E-state index < -0.39 is 0 Å². The molecule has 3 aromatic rings. The number of aliphatic imine (C=N–C) groups is 1. The van der Waals surface area contributed by atoms with Crippen LogP contribution in [0.2, 0.25) is 0 Å². The van der Waals surface area contributed by atoms with Crippen LogP contribution in [0.4, 0.5) is 5.69 Å². The Bertz CT molecular complexity index is 903. The van der Waals surface area contributed by atoms with Crippen LogP contribution in [0.5, 0.6) is 5.75 Å². The molecule has 0 fully saturated rings. The molecule has 0 atom stereocenters. The second-order valence-corrected chi connectivity index (χ2v) is 6.53. The van der Waals surface area contributed by atoms with E-state index in [4.69, 9.17) is 14.9 Å². The average molecular weight is 492 g/mol. The van der Waals surface area contributed by atoms with Gasteiger partial charge in [0.2, 0.25) is 5.89 Å². The van der Waals surface area contributed by atoms with E-state index in [1.54, 1.807) is 6.26 Å². The van der Waals surface area contributed by atoms with E-state index in [0.717, 1.165) is 22.7 Å². The van der Waals surface area contributed by atoms with Crippen molar-refractivity contribution >= 4 is 35.6 Å². The van der Waals surface area contributed by atoms with Gasteiger partial charge < -0.3 is 20.2 Å². The second kappa shape index (κ2) is 10.1. The maximum Gasteiger partial charge on any atom is 0.226 e. The lowest BCUT2D eigenvalue weighted by molar-refractivity contribution is 0.242. The van der Waals surface area contributed by atoms with Crippen LogP contribution in [0.25, 0.3) is 11.5 Å². The Morgan fingerprint density at radius 3 is 2.46 bits per heavy atom. The first-order chi connectivity index (χ1) is 13.0. The summed E-state index contributed by atoms with van der Waals surface area (Å²) < 4.78 is 11.1. The molecule has 0 saturated carbocycles. The molecule has 28 heavy (non-hydrogen) atoms. The van der Waals surface area contributed by atoms with Crippen molar-refractivity contribution in [1.29, 1.82) is 0 Å². The number of ether oxygens (including phenoxy) is 1. The maximum absolute atomic E-state index is 5.96. The molecule has 0 spiro atoms. The number of guanidine groups is 1. The first-order valence-electron chi connectivity index (χ1n) is 8.85. The van der Waals surface area contributed by atoms with Crippen LogP contribution in [0.1, 0.15) is 25.1 Å². The third-order valence-corrected chi connectivity index (χ3v) is 3.76. The van der Waals surface area contributed by atoms with Gasteiger partial charge in [-0.05, 0) is 57.2 Å². The van der Waals surface area contributed by atoms with E-state index in [-0.39, 0.29) is 30.1 Å². The van der Waals surface area contributed by atoms with Crippen molar-refractivity contribution in [2.45, 2.75) is 33.4 Å². The summed E-state index contributed by atoms with van der Waals surface area (Å²) in [7, 11) is 0. The molecule has 0 aliphatic rings. The number of halogens is 1. The van der Waals surface area contributed by atoms with E-state index >= 15 is 0 Å². The molecule has 7 heteroatoms. The van der Waals surface area contributed by atoms with Gasteiger partial charge in [0.15, 0.2) is 5.96 Å². The van der Waals surface area contributed by atoms with Gasteiger partial charge in [-0.1, -0.05) is 17.7 Å². The molecule has 0 unspecified atom stereocenters. The second-order valence-electron chi connectivity index (χ2n) is 6.53. The predicted molar refractivity (Wildman–Crippen MR) is 123 cm³/mol. The minimum atomic E-state index is 0. The van der Waals surface area contributed by atoms with E-state index in [9.17, 15) is 0 Å². The Morgan fingerprint density at radius 2 is 1.82 bits per heavy atom. The van der Waals surface area contributed by atoms with Gasteiger partial charge in [0.25, 0.3) is 0 Å². The van der Waals surface area contributed by atoms with Crippen LogP contribution in [-0.4, -0.2) is 17.0 Å². The highest BCUT2D eigenvalue weighted by atomic mass is 127. The van der Waals surface area contributed by atoms with Crippen molar-refractivity contribution < 1.29 is 9.15 Å². The Balaban J connectivity index is 0.00000280. The Labute approximate surface area is 182 Å². The lowest BCUT2D eigenvalue weighted by Gasteiger charge is -2.10. The SMILES string of the molecule is Cc1ccc(-c2nc(CN=C(N)Nc3ccc(OC(C)C)cc3)co2)cc1.I. The minimum Gasteiger partial charge on any atom is -0.491 e. The summed E-state index contributed by atoms with van der Waals surface area (Å²) in [4.78, 5) is 8.77. The average Bonchev–Trinajstić information content (AvgIpc) is 3.11. The zero-order valence-electron chi connectivity index (χ0n) is 16.2. The molecule has 3 N–H and O–H groups in total. The third kappa shape index (κ3) is 6.26. The van der Waals surface area contributed by atoms with Gasteiger partial charge in [-0.25, -0.2) is 9.98 Å². The summed E-state index contributed by atoms with van der Waals surface area (Å²) in [6, 6.07) is 15.6. The molecule has 1 aromatic heterocycles. The Hall–Kier alpha value is -2.55. The van der Waals surface area contributed by atoms with Gasteiger partial charge in [-0.2, -0.15) is 0 Å². The maximum atomic E-state index is 5.96. The van der Waals surface area contributed by atoms with Crippen LogP contribution >= 0.6 is 24.0 Å².